The molecule has 19 heavy (non-hydrogen) atoms. The lowest BCUT2D eigenvalue weighted by Crippen LogP contribution is -2.34. The number of carbonyl (C=O) groups is 1. The highest BCUT2D eigenvalue weighted by Crippen LogP contribution is 2.27. The van der Waals surface area contributed by atoms with Crippen LogP contribution in [0.5, 0.6) is 5.75 Å². The molecule has 0 unspecified atom stereocenters. The van der Waals surface area contributed by atoms with Gasteiger partial charge in [0.15, 0.2) is 0 Å². The largest absolute Gasteiger partial charge is 0.493 e. The highest BCUT2D eigenvalue weighted by atomic mass is 16.5. The molecule has 0 heterocycles. The first-order valence-electron chi connectivity index (χ1n) is 6.65. The molecule has 1 saturated carbocycles. The number of para-hydroxylation sites is 1. The Kier molecular flexibility index (Phi) is 4.79. The van der Waals surface area contributed by atoms with Gasteiger partial charge in [0.2, 0.25) is 5.91 Å². The van der Waals surface area contributed by atoms with E-state index in [1.54, 1.807) is 0 Å². The third kappa shape index (κ3) is 4.29. The first-order chi connectivity index (χ1) is 9.31. The van der Waals surface area contributed by atoms with Gasteiger partial charge in [0.05, 0.1) is 25.5 Å². The molecule has 0 aliphatic heterocycles. The molecule has 0 atom stereocenters. The molecule has 0 aromatic heterocycles. The van der Waals surface area contributed by atoms with Crippen LogP contribution in [0.2, 0.25) is 0 Å². The summed E-state index contributed by atoms with van der Waals surface area (Å²) in [6.07, 6.45) is 2.91. The number of nitrogens with zero attached hydrogens (tertiary/aromatic N) is 2. The molecule has 1 aliphatic carbocycles. The van der Waals surface area contributed by atoms with E-state index in [0.29, 0.717) is 32.0 Å². The Morgan fingerprint density at radius 3 is 2.74 bits per heavy atom. The van der Waals surface area contributed by atoms with Crippen molar-refractivity contribution in [2.75, 3.05) is 13.2 Å². The number of hydrogen-bond acceptors (Lipinski definition) is 3. The van der Waals surface area contributed by atoms with Gasteiger partial charge in [0.1, 0.15) is 5.75 Å². The van der Waals surface area contributed by atoms with Crippen LogP contribution >= 0.6 is 0 Å². The average Bonchev–Trinajstić information content (AvgIpc) is 3.25. The molecule has 100 valence electrons. The Labute approximate surface area is 113 Å². The number of hydrogen-bond donors (Lipinski definition) is 0. The van der Waals surface area contributed by atoms with Gasteiger partial charge in [0, 0.05) is 12.6 Å². The van der Waals surface area contributed by atoms with E-state index in [1.165, 1.54) is 0 Å². The highest BCUT2D eigenvalue weighted by Gasteiger charge is 2.31. The summed E-state index contributed by atoms with van der Waals surface area (Å²) in [5, 5.41) is 8.61. The number of ether oxygens (including phenoxy) is 1. The number of carbonyl (C=O) groups excluding carboxylic acids is 1. The van der Waals surface area contributed by atoms with Crippen molar-refractivity contribution >= 4 is 5.91 Å². The summed E-state index contributed by atoms with van der Waals surface area (Å²) in [7, 11) is 0. The van der Waals surface area contributed by atoms with Gasteiger partial charge in [-0.3, -0.25) is 4.79 Å². The molecule has 0 saturated heterocycles. The SMILES string of the molecule is N#CCCN(C(=O)CCOc1ccccc1)C1CC1. The van der Waals surface area contributed by atoms with E-state index in [9.17, 15) is 4.79 Å². The Bertz CT molecular complexity index is 449. The van der Waals surface area contributed by atoms with Crippen molar-refractivity contribution in [1.29, 1.82) is 5.26 Å². The van der Waals surface area contributed by atoms with E-state index in [-0.39, 0.29) is 5.91 Å². The van der Waals surface area contributed by atoms with E-state index in [1.807, 2.05) is 35.2 Å². The van der Waals surface area contributed by atoms with Crippen LogP contribution < -0.4 is 4.74 Å². The minimum Gasteiger partial charge on any atom is -0.493 e. The second-order valence-electron chi connectivity index (χ2n) is 4.64. The fraction of sp³-hybridized carbons (Fsp3) is 0.467. The molecular weight excluding hydrogens is 240 g/mol. The van der Waals surface area contributed by atoms with Crippen molar-refractivity contribution in [1.82, 2.24) is 4.90 Å². The Balaban J connectivity index is 1.74. The first kappa shape index (κ1) is 13.4. The van der Waals surface area contributed by atoms with Crippen molar-refractivity contribution in [3.8, 4) is 11.8 Å². The van der Waals surface area contributed by atoms with Gasteiger partial charge in [-0.2, -0.15) is 5.26 Å². The normalized spacial score (nSPS) is 13.6. The second-order valence-corrected chi connectivity index (χ2v) is 4.64. The van der Waals surface area contributed by atoms with Crippen LogP contribution in [0.4, 0.5) is 0 Å². The van der Waals surface area contributed by atoms with Gasteiger partial charge in [-0.1, -0.05) is 18.2 Å². The van der Waals surface area contributed by atoms with Crippen LogP contribution in [-0.4, -0.2) is 30.0 Å². The minimum atomic E-state index is 0.0914. The molecule has 1 amide bonds. The lowest BCUT2D eigenvalue weighted by Gasteiger charge is -2.21. The van der Waals surface area contributed by atoms with Gasteiger partial charge < -0.3 is 9.64 Å². The summed E-state index contributed by atoms with van der Waals surface area (Å²) in [6.45, 7) is 0.934. The van der Waals surface area contributed by atoms with Crippen LogP contribution in [0.25, 0.3) is 0 Å². The lowest BCUT2D eigenvalue weighted by atomic mass is 10.3. The zero-order valence-corrected chi connectivity index (χ0v) is 10.9. The molecule has 0 spiro atoms. The average molecular weight is 258 g/mol. The molecule has 1 aliphatic rings. The summed E-state index contributed by atoms with van der Waals surface area (Å²) in [6, 6.07) is 11.9. The van der Waals surface area contributed by atoms with Gasteiger partial charge in [0.25, 0.3) is 0 Å². The number of nitriles is 1. The van der Waals surface area contributed by atoms with Gasteiger partial charge in [-0.05, 0) is 25.0 Å². The molecule has 4 heteroatoms. The third-order valence-electron chi connectivity index (χ3n) is 3.10. The van der Waals surface area contributed by atoms with Gasteiger partial charge in [-0.25, -0.2) is 0 Å². The van der Waals surface area contributed by atoms with Crippen LogP contribution in [0.3, 0.4) is 0 Å². The van der Waals surface area contributed by atoms with E-state index < -0.39 is 0 Å². The minimum absolute atomic E-state index is 0.0914. The molecule has 1 aromatic rings. The lowest BCUT2D eigenvalue weighted by molar-refractivity contribution is -0.132. The van der Waals surface area contributed by atoms with Crippen molar-refractivity contribution in [3.63, 3.8) is 0 Å². The summed E-state index contributed by atoms with van der Waals surface area (Å²) >= 11 is 0. The Morgan fingerprint density at radius 1 is 1.37 bits per heavy atom. The van der Waals surface area contributed by atoms with E-state index in [4.69, 9.17) is 10.00 Å². The fourth-order valence-electron chi connectivity index (χ4n) is 1.98. The van der Waals surface area contributed by atoms with Crippen LogP contribution in [0, 0.1) is 11.3 Å². The van der Waals surface area contributed by atoms with Crippen LogP contribution in [-0.2, 0) is 4.79 Å². The standard InChI is InChI=1S/C15H18N2O2/c16-10-4-11-17(13-7-8-13)15(18)9-12-19-14-5-2-1-3-6-14/h1-3,5-6,13H,4,7-9,11-12H2. The maximum atomic E-state index is 12.1. The predicted molar refractivity (Wildman–Crippen MR) is 71.5 cm³/mol. The maximum absolute atomic E-state index is 12.1. The number of benzene rings is 1. The summed E-state index contributed by atoms with van der Waals surface area (Å²) in [5.74, 6) is 0.874. The third-order valence-corrected chi connectivity index (χ3v) is 3.10. The molecule has 0 radical (unpaired) electrons. The maximum Gasteiger partial charge on any atom is 0.226 e. The molecule has 4 nitrogen and oxygen atoms in total. The Morgan fingerprint density at radius 2 is 2.11 bits per heavy atom. The smallest absolute Gasteiger partial charge is 0.226 e. The van der Waals surface area contributed by atoms with E-state index in [2.05, 4.69) is 6.07 Å². The molecule has 0 N–H and O–H groups in total. The van der Waals surface area contributed by atoms with Gasteiger partial charge >= 0.3 is 0 Å². The van der Waals surface area contributed by atoms with Crippen LogP contribution in [0.15, 0.2) is 30.3 Å². The monoisotopic (exact) mass is 258 g/mol. The molecule has 0 bridgehead atoms. The van der Waals surface area contributed by atoms with Crippen molar-refractivity contribution in [2.45, 2.75) is 31.7 Å². The predicted octanol–water partition coefficient (Wildman–Crippen LogP) is 2.36. The second kappa shape index (κ2) is 6.79. The van der Waals surface area contributed by atoms with E-state index >= 15 is 0 Å². The first-order valence-corrected chi connectivity index (χ1v) is 6.65. The zero-order valence-electron chi connectivity index (χ0n) is 10.9. The quantitative estimate of drug-likeness (QED) is 0.754. The summed E-state index contributed by atoms with van der Waals surface area (Å²) < 4.78 is 5.52. The van der Waals surface area contributed by atoms with E-state index in [0.717, 1.165) is 18.6 Å². The molecule has 2 rings (SSSR count). The van der Waals surface area contributed by atoms with Crippen molar-refractivity contribution < 1.29 is 9.53 Å². The summed E-state index contributed by atoms with van der Waals surface area (Å²) in [5.41, 5.74) is 0. The number of rotatable bonds is 7. The van der Waals surface area contributed by atoms with Gasteiger partial charge in [-0.15, -0.1) is 0 Å². The van der Waals surface area contributed by atoms with Crippen LogP contribution in [0.1, 0.15) is 25.7 Å². The number of amides is 1. The summed E-state index contributed by atoms with van der Waals surface area (Å²) in [4.78, 5) is 13.9. The topological polar surface area (TPSA) is 53.3 Å². The molecule has 1 fully saturated rings. The fourth-order valence-corrected chi connectivity index (χ4v) is 1.98. The highest BCUT2D eigenvalue weighted by molar-refractivity contribution is 5.77. The molecular formula is C15H18N2O2. The Hall–Kier alpha value is -2.02. The van der Waals surface area contributed by atoms with Crippen molar-refractivity contribution in [3.05, 3.63) is 30.3 Å². The molecule has 1 aromatic carbocycles. The van der Waals surface area contributed by atoms with Crippen molar-refractivity contribution in [2.24, 2.45) is 0 Å². The zero-order chi connectivity index (χ0) is 13.5.